The average Bonchev–Trinajstić information content (AvgIpc) is 2.37. The van der Waals surface area contributed by atoms with Crippen molar-refractivity contribution in [3.8, 4) is 0 Å². The fourth-order valence-electron chi connectivity index (χ4n) is 0.991. The van der Waals surface area contributed by atoms with Crippen LogP contribution in [0, 0.1) is 0 Å². The number of hydrogen-bond donors (Lipinski definition) is 1. The molecule has 1 aromatic heterocycles. The Kier molecular flexibility index (Phi) is 3.21. The molecule has 13 heavy (non-hydrogen) atoms. The highest BCUT2D eigenvalue weighted by molar-refractivity contribution is 4.67. The number of ether oxygens (including phenoxy) is 1. The predicted octanol–water partition coefficient (Wildman–Crippen LogP) is -1.41. The van der Waals surface area contributed by atoms with Gasteiger partial charge in [-0.1, -0.05) is 0 Å². The third kappa shape index (κ3) is 2.40. The van der Waals surface area contributed by atoms with Gasteiger partial charge in [-0.3, -0.25) is 4.57 Å². The minimum absolute atomic E-state index is 0.160. The van der Waals surface area contributed by atoms with Gasteiger partial charge in [0.1, 0.15) is 6.33 Å². The standard InChI is InChI=1S/C7H13N3O3/c1-9-5-8-10(7(9)12)3-6(11)4-13-2/h5-6,11H,3-4H2,1-2H3. The molecule has 1 rings (SSSR count). The van der Waals surface area contributed by atoms with Crippen molar-refractivity contribution >= 4 is 0 Å². The molecular weight excluding hydrogens is 174 g/mol. The molecule has 1 unspecified atom stereocenters. The molecule has 1 aromatic rings. The molecule has 0 amide bonds. The first-order valence-corrected chi connectivity index (χ1v) is 3.90. The van der Waals surface area contributed by atoms with Crippen LogP contribution in [0.3, 0.4) is 0 Å². The summed E-state index contributed by atoms with van der Waals surface area (Å²) in [5.74, 6) is 0. The van der Waals surface area contributed by atoms with Crippen molar-refractivity contribution in [1.82, 2.24) is 14.3 Å². The van der Waals surface area contributed by atoms with Gasteiger partial charge < -0.3 is 9.84 Å². The van der Waals surface area contributed by atoms with E-state index in [-0.39, 0.29) is 18.8 Å². The van der Waals surface area contributed by atoms with Crippen molar-refractivity contribution < 1.29 is 9.84 Å². The van der Waals surface area contributed by atoms with Gasteiger partial charge >= 0.3 is 5.69 Å². The molecule has 0 aliphatic carbocycles. The Morgan fingerprint density at radius 3 is 2.92 bits per heavy atom. The van der Waals surface area contributed by atoms with Gasteiger partial charge in [0.2, 0.25) is 0 Å². The Morgan fingerprint density at radius 1 is 1.77 bits per heavy atom. The van der Waals surface area contributed by atoms with E-state index in [1.165, 1.54) is 22.7 Å². The second-order valence-electron chi connectivity index (χ2n) is 2.82. The highest BCUT2D eigenvalue weighted by atomic mass is 16.5. The first-order chi connectivity index (χ1) is 6.15. The second kappa shape index (κ2) is 4.20. The summed E-state index contributed by atoms with van der Waals surface area (Å²) in [4.78, 5) is 11.2. The molecule has 0 radical (unpaired) electrons. The van der Waals surface area contributed by atoms with Crippen LogP contribution in [0.5, 0.6) is 0 Å². The lowest BCUT2D eigenvalue weighted by Gasteiger charge is -2.07. The van der Waals surface area contributed by atoms with E-state index in [2.05, 4.69) is 5.10 Å². The van der Waals surface area contributed by atoms with E-state index in [4.69, 9.17) is 4.74 Å². The van der Waals surface area contributed by atoms with E-state index >= 15 is 0 Å². The van der Waals surface area contributed by atoms with Crippen molar-refractivity contribution in [2.45, 2.75) is 12.6 Å². The smallest absolute Gasteiger partial charge is 0.345 e. The molecule has 0 spiro atoms. The van der Waals surface area contributed by atoms with Crippen LogP contribution in [0.4, 0.5) is 0 Å². The third-order valence-corrected chi connectivity index (χ3v) is 1.63. The minimum Gasteiger partial charge on any atom is -0.389 e. The number of aliphatic hydroxyl groups excluding tert-OH is 1. The second-order valence-corrected chi connectivity index (χ2v) is 2.82. The Hall–Kier alpha value is -1.14. The van der Waals surface area contributed by atoms with Crippen molar-refractivity contribution in [2.75, 3.05) is 13.7 Å². The summed E-state index contributed by atoms with van der Waals surface area (Å²) in [5.41, 5.74) is -0.241. The fourth-order valence-corrected chi connectivity index (χ4v) is 0.991. The topological polar surface area (TPSA) is 69.3 Å². The maximum absolute atomic E-state index is 11.2. The molecule has 0 aliphatic heterocycles. The molecule has 0 fully saturated rings. The summed E-state index contributed by atoms with van der Waals surface area (Å²) in [6.07, 6.45) is 0.708. The lowest BCUT2D eigenvalue weighted by molar-refractivity contribution is 0.0506. The number of aryl methyl sites for hydroxylation is 1. The molecule has 0 aromatic carbocycles. The molecule has 74 valence electrons. The number of nitrogens with zero attached hydrogens (tertiary/aromatic N) is 3. The number of aliphatic hydroxyl groups is 1. The molecule has 1 atom stereocenters. The first-order valence-electron chi connectivity index (χ1n) is 3.90. The summed E-state index contributed by atoms with van der Waals surface area (Å²) >= 11 is 0. The molecule has 1 N–H and O–H groups in total. The van der Waals surface area contributed by atoms with E-state index < -0.39 is 6.10 Å². The van der Waals surface area contributed by atoms with Gasteiger partial charge in [0.15, 0.2) is 0 Å². The van der Waals surface area contributed by atoms with Gasteiger partial charge in [0.05, 0.1) is 19.3 Å². The zero-order chi connectivity index (χ0) is 9.84. The largest absolute Gasteiger partial charge is 0.389 e. The summed E-state index contributed by atoms with van der Waals surface area (Å²) < 4.78 is 7.27. The molecule has 6 heteroatoms. The lowest BCUT2D eigenvalue weighted by Crippen LogP contribution is -2.30. The van der Waals surface area contributed by atoms with E-state index in [1.807, 2.05) is 0 Å². The molecular formula is C7H13N3O3. The predicted molar refractivity (Wildman–Crippen MR) is 45.4 cm³/mol. The van der Waals surface area contributed by atoms with E-state index in [0.29, 0.717) is 0 Å². The minimum atomic E-state index is -0.697. The molecule has 1 heterocycles. The Bertz CT molecular complexity index is 317. The number of methoxy groups -OCH3 is 1. The van der Waals surface area contributed by atoms with Crippen LogP contribution < -0.4 is 5.69 Å². The molecule has 6 nitrogen and oxygen atoms in total. The number of rotatable bonds is 4. The molecule has 0 aliphatic rings. The normalized spacial score (nSPS) is 13.2. The summed E-state index contributed by atoms with van der Waals surface area (Å²) in [6.45, 7) is 0.358. The van der Waals surface area contributed by atoms with Crippen LogP contribution in [0.25, 0.3) is 0 Å². The lowest BCUT2D eigenvalue weighted by atomic mass is 10.4. The van der Waals surface area contributed by atoms with Crippen molar-refractivity contribution in [2.24, 2.45) is 7.05 Å². The first kappa shape index (κ1) is 9.94. The summed E-state index contributed by atoms with van der Waals surface area (Å²) in [5, 5.41) is 13.1. The summed E-state index contributed by atoms with van der Waals surface area (Å²) in [7, 11) is 3.10. The Balaban J connectivity index is 2.64. The quantitative estimate of drug-likeness (QED) is 0.628. The maximum atomic E-state index is 11.2. The van der Waals surface area contributed by atoms with Crippen LogP contribution in [0.2, 0.25) is 0 Å². The fraction of sp³-hybridized carbons (Fsp3) is 0.714. The van der Waals surface area contributed by atoms with Gasteiger partial charge in [0.25, 0.3) is 0 Å². The zero-order valence-corrected chi connectivity index (χ0v) is 7.67. The van der Waals surface area contributed by atoms with Crippen LogP contribution in [0.1, 0.15) is 0 Å². The van der Waals surface area contributed by atoms with Crippen LogP contribution in [0.15, 0.2) is 11.1 Å². The summed E-state index contributed by atoms with van der Waals surface area (Å²) in [6, 6.07) is 0. The van der Waals surface area contributed by atoms with Crippen molar-refractivity contribution in [3.05, 3.63) is 16.8 Å². The van der Waals surface area contributed by atoms with Crippen LogP contribution in [-0.2, 0) is 18.3 Å². The monoisotopic (exact) mass is 187 g/mol. The average molecular weight is 187 g/mol. The molecule has 0 bridgehead atoms. The van der Waals surface area contributed by atoms with Crippen molar-refractivity contribution in [3.63, 3.8) is 0 Å². The van der Waals surface area contributed by atoms with Gasteiger partial charge in [-0.2, -0.15) is 5.10 Å². The van der Waals surface area contributed by atoms with Crippen LogP contribution >= 0.6 is 0 Å². The van der Waals surface area contributed by atoms with E-state index in [9.17, 15) is 9.90 Å². The highest BCUT2D eigenvalue weighted by Gasteiger charge is 2.08. The molecule has 0 saturated heterocycles. The SMILES string of the molecule is COCC(O)Cn1ncn(C)c1=O. The van der Waals surface area contributed by atoms with Gasteiger partial charge in [-0.05, 0) is 0 Å². The highest BCUT2D eigenvalue weighted by Crippen LogP contribution is 1.87. The van der Waals surface area contributed by atoms with E-state index in [1.54, 1.807) is 7.05 Å². The van der Waals surface area contributed by atoms with Gasteiger partial charge in [-0.25, -0.2) is 9.48 Å². The Labute approximate surface area is 75.4 Å². The number of aromatic nitrogens is 3. The third-order valence-electron chi connectivity index (χ3n) is 1.63. The van der Waals surface area contributed by atoms with Gasteiger partial charge in [-0.15, -0.1) is 0 Å². The zero-order valence-electron chi connectivity index (χ0n) is 7.67. The van der Waals surface area contributed by atoms with Gasteiger partial charge in [0, 0.05) is 14.2 Å². The van der Waals surface area contributed by atoms with Crippen molar-refractivity contribution in [1.29, 1.82) is 0 Å². The number of hydrogen-bond acceptors (Lipinski definition) is 4. The Morgan fingerprint density at radius 2 is 2.46 bits per heavy atom. The van der Waals surface area contributed by atoms with E-state index in [0.717, 1.165) is 0 Å². The molecule has 0 saturated carbocycles. The van der Waals surface area contributed by atoms with Crippen LogP contribution in [-0.4, -0.2) is 39.3 Å². The maximum Gasteiger partial charge on any atom is 0.345 e.